The summed E-state index contributed by atoms with van der Waals surface area (Å²) >= 11 is 0. The molecule has 0 aliphatic rings. The van der Waals surface area contributed by atoms with E-state index in [1.54, 1.807) is 6.21 Å². The molecule has 17 heavy (non-hydrogen) atoms. The summed E-state index contributed by atoms with van der Waals surface area (Å²) in [5.74, 6) is 11.4. The summed E-state index contributed by atoms with van der Waals surface area (Å²) in [4.78, 5) is 4.21. The van der Waals surface area contributed by atoms with Crippen LogP contribution in [0.15, 0.2) is 35.3 Å². The van der Waals surface area contributed by atoms with E-state index in [4.69, 9.17) is 0 Å². The zero-order valence-electron chi connectivity index (χ0n) is 10.2. The maximum atomic E-state index is 4.21. The van der Waals surface area contributed by atoms with Gasteiger partial charge in [0.1, 0.15) is 0 Å². The minimum atomic E-state index is 0.679. The normalized spacial score (nSPS) is 9.24. The van der Waals surface area contributed by atoms with Gasteiger partial charge in [-0.3, -0.25) is 4.99 Å². The van der Waals surface area contributed by atoms with Crippen LogP contribution < -0.4 is 0 Å². The molecule has 0 heterocycles. The molecule has 0 radical (unpaired) electrons. The second kappa shape index (κ2) is 9.25. The Balaban J connectivity index is 2.26. The van der Waals surface area contributed by atoms with Gasteiger partial charge in [-0.05, 0) is 29.7 Å². The Morgan fingerprint density at radius 3 is 2.76 bits per heavy atom. The van der Waals surface area contributed by atoms with E-state index in [1.165, 1.54) is 12.0 Å². The first-order chi connectivity index (χ1) is 8.43. The van der Waals surface area contributed by atoms with Crippen LogP contribution in [-0.4, -0.2) is 6.21 Å². The standard InChI is InChI=1S/C16H17N/c1-2-3-4-5-6-7-11-14-17-15-16-12-9-8-10-13-16/h8-10,12-14H,2-4,15H2,1H3. The van der Waals surface area contributed by atoms with Gasteiger partial charge in [0.2, 0.25) is 0 Å². The molecule has 0 saturated carbocycles. The van der Waals surface area contributed by atoms with E-state index in [0.29, 0.717) is 6.54 Å². The molecule has 1 aromatic carbocycles. The second-order valence-electron chi connectivity index (χ2n) is 3.63. The van der Waals surface area contributed by atoms with Crippen molar-refractivity contribution in [2.24, 2.45) is 4.99 Å². The molecule has 1 nitrogen and oxygen atoms in total. The fourth-order valence-corrected chi connectivity index (χ4v) is 1.22. The van der Waals surface area contributed by atoms with Crippen molar-refractivity contribution in [3.63, 3.8) is 0 Å². The third-order valence-corrected chi connectivity index (χ3v) is 2.15. The van der Waals surface area contributed by atoms with Crippen LogP contribution in [0.5, 0.6) is 0 Å². The summed E-state index contributed by atoms with van der Waals surface area (Å²) in [7, 11) is 0. The first-order valence-corrected chi connectivity index (χ1v) is 5.94. The van der Waals surface area contributed by atoms with E-state index in [9.17, 15) is 0 Å². The van der Waals surface area contributed by atoms with Crippen LogP contribution in [0.4, 0.5) is 0 Å². The van der Waals surface area contributed by atoms with Gasteiger partial charge < -0.3 is 0 Å². The molecule has 0 aliphatic heterocycles. The lowest BCUT2D eigenvalue weighted by Crippen LogP contribution is -1.79. The highest BCUT2D eigenvalue weighted by atomic mass is 14.7. The second-order valence-corrected chi connectivity index (χ2v) is 3.63. The summed E-state index contributed by atoms with van der Waals surface area (Å²) < 4.78 is 0. The molecule has 1 aromatic rings. The van der Waals surface area contributed by atoms with Crippen LogP contribution in [0.3, 0.4) is 0 Å². The van der Waals surface area contributed by atoms with Crippen LogP contribution in [-0.2, 0) is 6.54 Å². The Morgan fingerprint density at radius 2 is 2.00 bits per heavy atom. The van der Waals surface area contributed by atoms with Crippen LogP contribution in [0, 0.1) is 23.7 Å². The van der Waals surface area contributed by atoms with Crippen LogP contribution in [0.1, 0.15) is 31.7 Å². The van der Waals surface area contributed by atoms with Crippen molar-refractivity contribution in [3.05, 3.63) is 35.9 Å². The Bertz CT molecular complexity index is 449. The summed E-state index contributed by atoms with van der Waals surface area (Å²) in [6, 6.07) is 10.1. The SMILES string of the molecule is CCCCC#CC#CC=NCc1ccccc1. The van der Waals surface area contributed by atoms with Crippen LogP contribution >= 0.6 is 0 Å². The van der Waals surface area contributed by atoms with Gasteiger partial charge >= 0.3 is 0 Å². The van der Waals surface area contributed by atoms with Crippen LogP contribution in [0.2, 0.25) is 0 Å². The Kier molecular flexibility index (Phi) is 7.12. The summed E-state index contributed by atoms with van der Waals surface area (Å²) in [6.07, 6.45) is 4.89. The minimum absolute atomic E-state index is 0.679. The number of rotatable bonds is 4. The van der Waals surface area contributed by atoms with Gasteiger partial charge in [0, 0.05) is 6.42 Å². The summed E-state index contributed by atoms with van der Waals surface area (Å²) in [5, 5.41) is 0. The third kappa shape index (κ3) is 6.98. The molecule has 0 bridgehead atoms. The monoisotopic (exact) mass is 223 g/mol. The minimum Gasteiger partial charge on any atom is -0.279 e. The van der Waals surface area contributed by atoms with Gasteiger partial charge in [-0.2, -0.15) is 0 Å². The molecule has 0 atom stereocenters. The van der Waals surface area contributed by atoms with Gasteiger partial charge in [-0.15, -0.1) is 0 Å². The van der Waals surface area contributed by atoms with Gasteiger partial charge in [-0.1, -0.05) is 49.6 Å². The first kappa shape index (κ1) is 13.1. The Hall–Kier alpha value is -1.99. The highest BCUT2D eigenvalue weighted by molar-refractivity contribution is 5.79. The van der Waals surface area contributed by atoms with E-state index in [1.807, 2.05) is 18.2 Å². The maximum Gasteiger partial charge on any atom is 0.0725 e. The molecule has 0 amide bonds. The Labute approximate surface area is 104 Å². The van der Waals surface area contributed by atoms with Crippen molar-refractivity contribution < 1.29 is 0 Å². The maximum absolute atomic E-state index is 4.21. The first-order valence-electron chi connectivity index (χ1n) is 5.94. The summed E-state index contributed by atoms with van der Waals surface area (Å²) in [6.45, 7) is 2.84. The highest BCUT2D eigenvalue weighted by Crippen LogP contribution is 1.98. The molecule has 0 spiro atoms. The van der Waals surface area contributed by atoms with Crippen molar-refractivity contribution in [2.75, 3.05) is 0 Å². The highest BCUT2D eigenvalue weighted by Gasteiger charge is 1.84. The average molecular weight is 223 g/mol. The van der Waals surface area contributed by atoms with Crippen molar-refractivity contribution in [1.29, 1.82) is 0 Å². The predicted molar refractivity (Wildman–Crippen MR) is 73.7 cm³/mol. The topological polar surface area (TPSA) is 12.4 Å². The Morgan fingerprint density at radius 1 is 1.18 bits per heavy atom. The zero-order chi connectivity index (χ0) is 12.2. The average Bonchev–Trinajstić information content (AvgIpc) is 2.38. The van der Waals surface area contributed by atoms with E-state index in [0.717, 1.165) is 12.8 Å². The van der Waals surface area contributed by atoms with Gasteiger partial charge in [0.05, 0.1) is 12.8 Å². The predicted octanol–water partition coefficient (Wildman–Crippen LogP) is 3.45. The van der Waals surface area contributed by atoms with Crippen molar-refractivity contribution in [2.45, 2.75) is 32.7 Å². The number of aliphatic imine (C=N–C) groups is 1. The molecule has 0 unspecified atom stereocenters. The van der Waals surface area contributed by atoms with Gasteiger partial charge in [0.25, 0.3) is 0 Å². The van der Waals surface area contributed by atoms with E-state index < -0.39 is 0 Å². The van der Waals surface area contributed by atoms with Gasteiger partial charge in [0.15, 0.2) is 0 Å². The lowest BCUT2D eigenvalue weighted by molar-refractivity contribution is 0.828. The fraction of sp³-hybridized carbons (Fsp3) is 0.312. The largest absolute Gasteiger partial charge is 0.279 e. The van der Waals surface area contributed by atoms with Crippen molar-refractivity contribution >= 4 is 6.21 Å². The van der Waals surface area contributed by atoms with E-state index >= 15 is 0 Å². The fourth-order valence-electron chi connectivity index (χ4n) is 1.22. The van der Waals surface area contributed by atoms with Gasteiger partial charge in [-0.25, -0.2) is 0 Å². The van der Waals surface area contributed by atoms with Crippen LogP contribution in [0.25, 0.3) is 0 Å². The molecule has 0 N–H and O–H groups in total. The lowest BCUT2D eigenvalue weighted by atomic mass is 10.2. The molecule has 0 aromatic heterocycles. The number of hydrogen-bond donors (Lipinski definition) is 0. The van der Waals surface area contributed by atoms with Crippen molar-refractivity contribution in [3.8, 4) is 23.7 Å². The third-order valence-electron chi connectivity index (χ3n) is 2.15. The summed E-state index contributed by atoms with van der Waals surface area (Å²) in [5.41, 5.74) is 1.19. The molecule has 1 rings (SSSR count). The smallest absolute Gasteiger partial charge is 0.0725 e. The molecule has 86 valence electrons. The molecule has 0 fully saturated rings. The number of hydrogen-bond acceptors (Lipinski definition) is 1. The van der Waals surface area contributed by atoms with Crippen molar-refractivity contribution in [1.82, 2.24) is 0 Å². The number of unbranched alkanes of at least 4 members (excludes halogenated alkanes) is 2. The number of nitrogens with zero attached hydrogens (tertiary/aromatic N) is 1. The van der Waals surface area contributed by atoms with E-state index in [2.05, 4.69) is 47.7 Å². The lowest BCUT2D eigenvalue weighted by Gasteiger charge is -1.91. The molecular weight excluding hydrogens is 206 g/mol. The van der Waals surface area contributed by atoms with E-state index in [-0.39, 0.29) is 0 Å². The zero-order valence-corrected chi connectivity index (χ0v) is 10.2. The molecule has 0 saturated heterocycles. The molecule has 0 aliphatic carbocycles. The quantitative estimate of drug-likeness (QED) is 0.421. The molecule has 1 heteroatoms. The molecular formula is C16H17N. The number of benzene rings is 1.